The Morgan fingerprint density at radius 2 is 2.36 bits per heavy atom. The van der Waals surface area contributed by atoms with E-state index in [0.29, 0.717) is 0 Å². The van der Waals surface area contributed by atoms with Gasteiger partial charge in [0.05, 0.1) is 12.3 Å². The van der Waals surface area contributed by atoms with Crippen LogP contribution in [0.25, 0.3) is 0 Å². The van der Waals surface area contributed by atoms with Gasteiger partial charge in [-0.25, -0.2) is 0 Å². The van der Waals surface area contributed by atoms with Crippen LogP contribution in [-0.2, 0) is 26.5 Å². The molecule has 60 valence electrons. The van der Waals surface area contributed by atoms with Crippen molar-refractivity contribution in [3.8, 4) is 0 Å². The molecule has 0 atom stereocenters. The Labute approximate surface area is 65.7 Å². The predicted molar refractivity (Wildman–Crippen MR) is 41.2 cm³/mol. The highest BCUT2D eigenvalue weighted by Crippen LogP contribution is 2.24. The van der Waals surface area contributed by atoms with Gasteiger partial charge in [0.2, 0.25) is 0 Å². The Hall–Kier alpha value is -0.830. The van der Waals surface area contributed by atoms with Crippen molar-refractivity contribution in [1.82, 2.24) is 9.78 Å². The van der Waals surface area contributed by atoms with Crippen LogP contribution in [0, 0.1) is 0 Å². The molecule has 1 aromatic heterocycles. The monoisotopic (exact) mass is 152 g/mol. The van der Waals surface area contributed by atoms with E-state index in [-0.39, 0.29) is 6.61 Å². The second-order valence-electron chi connectivity index (χ2n) is 3.01. The summed E-state index contributed by atoms with van der Waals surface area (Å²) in [7, 11) is 1.95. The summed E-state index contributed by atoms with van der Waals surface area (Å²) in [5.41, 5.74) is 3.48. The summed E-state index contributed by atoms with van der Waals surface area (Å²) in [6.45, 7) is 0.0865. The van der Waals surface area contributed by atoms with Crippen LogP contribution in [0.3, 0.4) is 0 Å². The van der Waals surface area contributed by atoms with Crippen LogP contribution < -0.4 is 0 Å². The van der Waals surface area contributed by atoms with Gasteiger partial charge in [-0.2, -0.15) is 5.10 Å². The van der Waals surface area contributed by atoms with E-state index >= 15 is 0 Å². The highest BCUT2D eigenvalue weighted by Gasteiger charge is 2.19. The first kappa shape index (κ1) is 6.85. The minimum absolute atomic E-state index is 0.0865. The molecule has 1 aliphatic carbocycles. The molecule has 11 heavy (non-hydrogen) atoms. The number of rotatable bonds is 1. The van der Waals surface area contributed by atoms with E-state index in [1.165, 1.54) is 17.7 Å². The summed E-state index contributed by atoms with van der Waals surface area (Å²) in [5, 5.41) is 13.2. The maximum absolute atomic E-state index is 8.94. The van der Waals surface area contributed by atoms with E-state index < -0.39 is 0 Å². The Balaban J connectivity index is 2.52. The van der Waals surface area contributed by atoms with Gasteiger partial charge in [-0.15, -0.1) is 0 Å². The third kappa shape index (κ3) is 0.878. The van der Waals surface area contributed by atoms with Crippen molar-refractivity contribution in [2.75, 3.05) is 0 Å². The Bertz CT molecular complexity index is 278. The number of hydrogen-bond donors (Lipinski definition) is 1. The molecular weight excluding hydrogens is 140 g/mol. The van der Waals surface area contributed by atoms with Gasteiger partial charge in [0.15, 0.2) is 0 Å². The van der Waals surface area contributed by atoms with Crippen LogP contribution in [0.2, 0.25) is 0 Å². The first-order chi connectivity index (χ1) is 5.33. The zero-order valence-corrected chi connectivity index (χ0v) is 6.67. The van der Waals surface area contributed by atoms with Gasteiger partial charge in [0.1, 0.15) is 0 Å². The SMILES string of the molecule is Cn1nc(CO)c2c1CCC2. The molecule has 0 aliphatic heterocycles. The molecule has 0 bridgehead atoms. The quantitative estimate of drug-likeness (QED) is 0.632. The second-order valence-corrected chi connectivity index (χ2v) is 3.01. The largest absolute Gasteiger partial charge is 0.390 e. The van der Waals surface area contributed by atoms with E-state index in [2.05, 4.69) is 5.10 Å². The lowest BCUT2D eigenvalue weighted by Gasteiger charge is -1.92. The highest BCUT2D eigenvalue weighted by atomic mass is 16.3. The van der Waals surface area contributed by atoms with Crippen LogP contribution in [-0.4, -0.2) is 14.9 Å². The van der Waals surface area contributed by atoms with Crippen LogP contribution in [0.1, 0.15) is 23.4 Å². The number of fused-ring (bicyclic) bond motifs is 1. The van der Waals surface area contributed by atoms with Crippen LogP contribution in [0.4, 0.5) is 0 Å². The molecule has 0 amide bonds. The molecule has 3 heteroatoms. The Kier molecular flexibility index (Phi) is 1.46. The fourth-order valence-corrected chi connectivity index (χ4v) is 1.82. The standard InChI is InChI=1S/C8H12N2O/c1-10-8-4-2-3-6(8)7(5-11)9-10/h11H,2-5H2,1H3. The molecule has 0 spiro atoms. The van der Waals surface area contributed by atoms with Gasteiger partial charge >= 0.3 is 0 Å². The topological polar surface area (TPSA) is 38.0 Å². The smallest absolute Gasteiger partial charge is 0.0913 e. The van der Waals surface area contributed by atoms with E-state index in [9.17, 15) is 0 Å². The molecule has 3 nitrogen and oxygen atoms in total. The fourth-order valence-electron chi connectivity index (χ4n) is 1.82. The van der Waals surface area contributed by atoms with Crippen LogP contribution in [0.15, 0.2) is 0 Å². The molecular formula is C8H12N2O. The molecule has 1 heterocycles. The molecule has 1 aromatic rings. The van der Waals surface area contributed by atoms with E-state index in [1.54, 1.807) is 0 Å². The lowest BCUT2D eigenvalue weighted by atomic mass is 10.2. The maximum Gasteiger partial charge on any atom is 0.0913 e. The van der Waals surface area contributed by atoms with Gasteiger partial charge in [-0.1, -0.05) is 0 Å². The number of aliphatic hydroxyl groups excluding tert-OH is 1. The van der Waals surface area contributed by atoms with Crippen molar-refractivity contribution in [1.29, 1.82) is 0 Å². The molecule has 0 unspecified atom stereocenters. The molecule has 0 aromatic carbocycles. The van der Waals surface area contributed by atoms with Crippen molar-refractivity contribution >= 4 is 0 Å². The van der Waals surface area contributed by atoms with Crippen molar-refractivity contribution in [3.05, 3.63) is 17.0 Å². The Morgan fingerprint density at radius 1 is 1.55 bits per heavy atom. The number of aryl methyl sites for hydroxylation is 1. The number of hydrogen-bond acceptors (Lipinski definition) is 2. The Morgan fingerprint density at radius 3 is 3.09 bits per heavy atom. The van der Waals surface area contributed by atoms with Crippen molar-refractivity contribution in [2.24, 2.45) is 7.05 Å². The molecule has 0 radical (unpaired) electrons. The molecule has 0 saturated heterocycles. The first-order valence-electron chi connectivity index (χ1n) is 3.97. The number of aromatic nitrogens is 2. The molecule has 1 aliphatic rings. The highest BCUT2D eigenvalue weighted by molar-refractivity contribution is 5.29. The lowest BCUT2D eigenvalue weighted by molar-refractivity contribution is 0.274. The summed E-state index contributed by atoms with van der Waals surface area (Å²) in [6.07, 6.45) is 3.44. The van der Waals surface area contributed by atoms with Crippen LogP contribution in [0.5, 0.6) is 0 Å². The minimum atomic E-state index is 0.0865. The van der Waals surface area contributed by atoms with Crippen molar-refractivity contribution < 1.29 is 5.11 Å². The molecule has 2 rings (SSSR count). The van der Waals surface area contributed by atoms with Gasteiger partial charge < -0.3 is 5.11 Å². The van der Waals surface area contributed by atoms with Crippen molar-refractivity contribution in [2.45, 2.75) is 25.9 Å². The fraction of sp³-hybridized carbons (Fsp3) is 0.625. The zero-order valence-electron chi connectivity index (χ0n) is 6.67. The second kappa shape index (κ2) is 2.34. The van der Waals surface area contributed by atoms with Gasteiger partial charge in [0.25, 0.3) is 0 Å². The van der Waals surface area contributed by atoms with E-state index in [4.69, 9.17) is 5.11 Å². The van der Waals surface area contributed by atoms with E-state index in [1.807, 2.05) is 11.7 Å². The van der Waals surface area contributed by atoms with E-state index in [0.717, 1.165) is 18.5 Å². The lowest BCUT2D eigenvalue weighted by Crippen LogP contribution is -1.96. The number of nitrogens with zero attached hydrogens (tertiary/aromatic N) is 2. The van der Waals surface area contributed by atoms with Crippen LogP contribution >= 0.6 is 0 Å². The summed E-state index contributed by atoms with van der Waals surface area (Å²) < 4.78 is 1.90. The molecule has 0 fully saturated rings. The summed E-state index contributed by atoms with van der Waals surface area (Å²) in [6, 6.07) is 0. The summed E-state index contributed by atoms with van der Waals surface area (Å²) in [5.74, 6) is 0. The minimum Gasteiger partial charge on any atom is -0.390 e. The normalized spacial score (nSPS) is 15.5. The zero-order chi connectivity index (χ0) is 7.84. The van der Waals surface area contributed by atoms with Gasteiger partial charge in [-0.3, -0.25) is 4.68 Å². The molecule has 0 saturated carbocycles. The molecule has 1 N–H and O–H groups in total. The maximum atomic E-state index is 8.94. The summed E-state index contributed by atoms with van der Waals surface area (Å²) >= 11 is 0. The van der Waals surface area contributed by atoms with Gasteiger partial charge in [-0.05, 0) is 24.8 Å². The van der Waals surface area contributed by atoms with Gasteiger partial charge in [0, 0.05) is 12.7 Å². The third-order valence-electron chi connectivity index (χ3n) is 2.35. The van der Waals surface area contributed by atoms with Crippen molar-refractivity contribution in [3.63, 3.8) is 0 Å². The average molecular weight is 152 g/mol. The third-order valence-corrected chi connectivity index (χ3v) is 2.35. The average Bonchev–Trinajstić information content (AvgIpc) is 2.54. The first-order valence-corrected chi connectivity index (χ1v) is 3.97. The summed E-state index contributed by atoms with van der Waals surface area (Å²) in [4.78, 5) is 0. The predicted octanol–water partition coefficient (Wildman–Crippen LogP) is 0.401. The number of aliphatic hydroxyl groups is 1.